The Kier molecular flexibility index (Phi) is 5.46. The molecule has 0 amide bonds. The topological polar surface area (TPSA) is 70.0 Å². The number of aliphatic hydroxyl groups is 1. The highest BCUT2D eigenvalue weighted by molar-refractivity contribution is 5.81. The van der Waals surface area contributed by atoms with Gasteiger partial charge >= 0.3 is 0 Å². The van der Waals surface area contributed by atoms with E-state index in [0.29, 0.717) is 17.8 Å². The van der Waals surface area contributed by atoms with E-state index >= 15 is 0 Å². The van der Waals surface area contributed by atoms with Crippen LogP contribution in [0.15, 0.2) is 54.6 Å². The molecule has 0 saturated carbocycles. The SMILES string of the molecule is CCN(CC)c1ccc2c(c1)Oc1cc(O)c(C=O)cc1C2c1ccccc1CO. The van der Waals surface area contributed by atoms with Crippen molar-refractivity contribution in [2.75, 3.05) is 18.0 Å². The van der Waals surface area contributed by atoms with Crippen molar-refractivity contribution < 1.29 is 19.7 Å². The summed E-state index contributed by atoms with van der Waals surface area (Å²) in [6.45, 7) is 5.89. The Labute approximate surface area is 176 Å². The first-order valence-electron chi connectivity index (χ1n) is 10.2. The second kappa shape index (κ2) is 8.20. The molecule has 5 nitrogen and oxygen atoms in total. The van der Waals surface area contributed by atoms with E-state index in [4.69, 9.17) is 4.74 Å². The summed E-state index contributed by atoms with van der Waals surface area (Å²) in [6.07, 6.45) is 0.642. The van der Waals surface area contributed by atoms with Crippen LogP contribution in [0.5, 0.6) is 17.2 Å². The molecule has 1 aliphatic heterocycles. The van der Waals surface area contributed by atoms with Gasteiger partial charge in [0, 0.05) is 48.0 Å². The van der Waals surface area contributed by atoms with Crippen molar-refractivity contribution in [1.29, 1.82) is 0 Å². The van der Waals surface area contributed by atoms with Gasteiger partial charge in [-0.25, -0.2) is 0 Å². The maximum absolute atomic E-state index is 11.5. The molecule has 3 aromatic rings. The first-order chi connectivity index (χ1) is 14.6. The van der Waals surface area contributed by atoms with Crippen LogP contribution >= 0.6 is 0 Å². The molecule has 1 atom stereocenters. The van der Waals surface area contributed by atoms with Crippen molar-refractivity contribution >= 4 is 12.0 Å². The van der Waals surface area contributed by atoms with Crippen molar-refractivity contribution in [2.24, 2.45) is 0 Å². The Balaban J connectivity index is 1.95. The maximum atomic E-state index is 11.5. The van der Waals surface area contributed by atoms with Crippen molar-refractivity contribution in [1.82, 2.24) is 0 Å². The van der Waals surface area contributed by atoms with E-state index in [1.54, 1.807) is 6.07 Å². The first kappa shape index (κ1) is 20.0. The van der Waals surface area contributed by atoms with Crippen LogP contribution in [0.25, 0.3) is 0 Å². The predicted octanol–water partition coefficient (Wildman–Crippen LogP) is 4.83. The molecule has 30 heavy (non-hydrogen) atoms. The lowest BCUT2D eigenvalue weighted by molar-refractivity contribution is 0.112. The van der Waals surface area contributed by atoms with E-state index in [2.05, 4.69) is 30.9 Å². The number of hydrogen-bond donors (Lipinski definition) is 2. The number of ether oxygens (including phenoxy) is 1. The monoisotopic (exact) mass is 403 g/mol. The Bertz CT molecular complexity index is 1090. The highest BCUT2D eigenvalue weighted by Crippen LogP contribution is 2.50. The number of phenols is 1. The fraction of sp³-hybridized carbons (Fsp3) is 0.240. The van der Waals surface area contributed by atoms with Gasteiger partial charge in [0.2, 0.25) is 0 Å². The second-order valence-corrected chi connectivity index (χ2v) is 7.35. The highest BCUT2D eigenvalue weighted by Gasteiger charge is 2.31. The fourth-order valence-corrected chi connectivity index (χ4v) is 4.23. The smallest absolute Gasteiger partial charge is 0.153 e. The minimum absolute atomic E-state index is 0.0889. The van der Waals surface area contributed by atoms with Crippen LogP contribution < -0.4 is 9.64 Å². The molecular weight excluding hydrogens is 378 g/mol. The van der Waals surface area contributed by atoms with E-state index in [-0.39, 0.29) is 23.8 Å². The Morgan fingerprint density at radius 3 is 2.40 bits per heavy atom. The quantitative estimate of drug-likeness (QED) is 0.451. The standard InChI is InChI=1S/C25H25NO4/c1-3-26(4-2)18-9-10-20-23(12-18)30-24-13-22(29)17(15-28)11-21(24)25(20)19-8-6-5-7-16(19)14-27/h5-13,15,25,27,29H,3-4,14H2,1-2H3. The predicted molar refractivity (Wildman–Crippen MR) is 117 cm³/mol. The van der Waals surface area contributed by atoms with Crippen LogP contribution in [0, 0.1) is 0 Å². The van der Waals surface area contributed by atoms with Crippen molar-refractivity contribution in [3.05, 3.63) is 82.4 Å². The summed E-state index contributed by atoms with van der Waals surface area (Å²) >= 11 is 0. The van der Waals surface area contributed by atoms with Gasteiger partial charge in [-0.15, -0.1) is 0 Å². The van der Waals surface area contributed by atoms with Crippen molar-refractivity contribution in [3.8, 4) is 17.2 Å². The number of phenolic OH excluding ortho intramolecular Hbond substituents is 1. The van der Waals surface area contributed by atoms with Crippen LogP contribution in [0.2, 0.25) is 0 Å². The highest BCUT2D eigenvalue weighted by atomic mass is 16.5. The average Bonchev–Trinajstić information content (AvgIpc) is 2.77. The molecule has 154 valence electrons. The number of carbonyl (C=O) groups excluding carboxylic acids is 1. The zero-order valence-electron chi connectivity index (χ0n) is 17.1. The molecule has 1 unspecified atom stereocenters. The molecule has 1 aliphatic rings. The summed E-state index contributed by atoms with van der Waals surface area (Å²) < 4.78 is 6.20. The molecular formula is C25H25NO4. The lowest BCUT2D eigenvalue weighted by Gasteiger charge is -2.31. The minimum atomic E-state index is -0.225. The number of fused-ring (bicyclic) bond motifs is 2. The third-order valence-electron chi connectivity index (χ3n) is 5.79. The Hall–Kier alpha value is -3.31. The van der Waals surface area contributed by atoms with E-state index in [9.17, 15) is 15.0 Å². The molecule has 4 rings (SSSR count). The maximum Gasteiger partial charge on any atom is 0.153 e. The first-order valence-corrected chi connectivity index (χ1v) is 10.2. The Morgan fingerprint density at radius 1 is 0.967 bits per heavy atom. The molecule has 0 aromatic heterocycles. The molecule has 0 aliphatic carbocycles. The summed E-state index contributed by atoms with van der Waals surface area (Å²) in [7, 11) is 0. The van der Waals surface area contributed by atoms with Gasteiger partial charge in [-0.1, -0.05) is 30.3 Å². The van der Waals surface area contributed by atoms with Crippen LogP contribution in [0.1, 0.15) is 52.4 Å². The number of aromatic hydroxyl groups is 1. The Morgan fingerprint density at radius 2 is 1.70 bits per heavy atom. The molecule has 0 radical (unpaired) electrons. The van der Waals surface area contributed by atoms with Gasteiger partial charge in [-0.2, -0.15) is 0 Å². The van der Waals surface area contributed by atoms with Crippen LogP contribution in [0.4, 0.5) is 5.69 Å². The van der Waals surface area contributed by atoms with Crippen molar-refractivity contribution in [2.45, 2.75) is 26.4 Å². The number of rotatable bonds is 6. The number of aliphatic hydroxyl groups excluding tert-OH is 1. The number of carbonyl (C=O) groups is 1. The van der Waals surface area contributed by atoms with Crippen LogP contribution in [-0.4, -0.2) is 29.6 Å². The summed E-state index contributed by atoms with van der Waals surface area (Å²) in [5.74, 6) is 0.890. The zero-order chi connectivity index (χ0) is 21.3. The second-order valence-electron chi connectivity index (χ2n) is 7.35. The van der Waals surface area contributed by atoms with Gasteiger partial charge in [0.25, 0.3) is 0 Å². The lowest BCUT2D eigenvalue weighted by Crippen LogP contribution is -2.22. The van der Waals surface area contributed by atoms with Crippen molar-refractivity contribution in [3.63, 3.8) is 0 Å². The fourth-order valence-electron chi connectivity index (χ4n) is 4.23. The van der Waals surface area contributed by atoms with E-state index in [0.717, 1.165) is 41.0 Å². The lowest BCUT2D eigenvalue weighted by atomic mass is 9.80. The van der Waals surface area contributed by atoms with E-state index in [1.807, 2.05) is 30.3 Å². The minimum Gasteiger partial charge on any atom is -0.507 e. The molecule has 1 heterocycles. The van der Waals surface area contributed by atoms with E-state index in [1.165, 1.54) is 6.07 Å². The van der Waals surface area contributed by atoms with Crippen LogP contribution in [-0.2, 0) is 6.61 Å². The molecule has 3 aromatic carbocycles. The number of benzene rings is 3. The molecule has 0 fully saturated rings. The largest absolute Gasteiger partial charge is 0.507 e. The average molecular weight is 403 g/mol. The summed E-state index contributed by atoms with van der Waals surface area (Å²) in [5.41, 5.74) is 4.79. The number of aldehydes is 1. The van der Waals surface area contributed by atoms with Crippen LogP contribution in [0.3, 0.4) is 0 Å². The third kappa shape index (κ3) is 3.31. The summed E-state index contributed by atoms with van der Waals surface area (Å²) in [5, 5.41) is 20.2. The molecule has 5 heteroatoms. The number of hydrogen-bond acceptors (Lipinski definition) is 5. The van der Waals surface area contributed by atoms with Gasteiger partial charge in [-0.3, -0.25) is 4.79 Å². The molecule has 0 saturated heterocycles. The normalized spacial score (nSPS) is 14.4. The molecule has 0 bridgehead atoms. The third-order valence-corrected chi connectivity index (χ3v) is 5.79. The van der Waals surface area contributed by atoms with Gasteiger partial charge < -0.3 is 19.8 Å². The van der Waals surface area contributed by atoms with E-state index < -0.39 is 0 Å². The summed E-state index contributed by atoms with van der Waals surface area (Å²) in [6, 6.07) is 17.1. The molecule has 0 spiro atoms. The van der Waals surface area contributed by atoms with Gasteiger partial charge in [0.05, 0.1) is 12.2 Å². The van der Waals surface area contributed by atoms with Gasteiger partial charge in [-0.05, 0) is 37.1 Å². The summed E-state index contributed by atoms with van der Waals surface area (Å²) in [4.78, 5) is 13.7. The van der Waals surface area contributed by atoms with Gasteiger partial charge in [0.15, 0.2) is 6.29 Å². The zero-order valence-corrected chi connectivity index (χ0v) is 17.1. The number of anilines is 1. The molecule has 2 N–H and O–H groups in total. The number of nitrogens with zero attached hydrogens (tertiary/aromatic N) is 1. The van der Waals surface area contributed by atoms with Gasteiger partial charge in [0.1, 0.15) is 17.2 Å².